The number of aromatic amines is 1. The smallest absolute Gasteiger partial charge is 0.0490 e. The predicted molar refractivity (Wildman–Crippen MR) is 65.3 cm³/mol. The van der Waals surface area contributed by atoms with E-state index >= 15 is 0 Å². The lowest BCUT2D eigenvalue weighted by molar-refractivity contribution is 0.203. The molecule has 0 fully saturated rings. The van der Waals surface area contributed by atoms with Crippen molar-refractivity contribution in [2.24, 2.45) is 0 Å². The summed E-state index contributed by atoms with van der Waals surface area (Å²) in [5.74, 6) is 0. The molecule has 0 unspecified atom stereocenters. The van der Waals surface area contributed by atoms with E-state index < -0.39 is 0 Å². The molecule has 0 aliphatic carbocycles. The van der Waals surface area contributed by atoms with Gasteiger partial charge in [0.1, 0.15) is 0 Å². The summed E-state index contributed by atoms with van der Waals surface area (Å²) < 4.78 is 0. The summed E-state index contributed by atoms with van der Waals surface area (Å²) in [6, 6.07) is 2.68. The standard InChI is InChI=1S/C13H17N3/c1-9(2)16-6-4-13-11(8-16)10-7-14-5-3-12(10)15-13/h3,5,7,9,15H,4,6,8H2,1-2H3. The molecule has 16 heavy (non-hydrogen) atoms. The third-order valence-electron chi connectivity index (χ3n) is 3.54. The maximum atomic E-state index is 4.22. The number of pyridine rings is 1. The molecular formula is C13H17N3. The number of nitrogens with zero attached hydrogens (tertiary/aromatic N) is 2. The molecule has 0 atom stereocenters. The van der Waals surface area contributed by atoms with Gasteiger partial charge in [-0.15, -0.1) is 0 Å². The molecule has 0 spiro atoms. The van der Waals surface area contributed by atoms with E-state index in [4.69, 9.17) is 0 Å². The maximum Gasteiger partial charge on any atom is 0.0490 e. The number of hydrogen-bond acceptors (Lipinski definition) is 2. The summed E-state index contributed by atoms with van der Waals surface area (Å²) in [5, 5.41) is 1.29. The Bertz CT molecular complexity index is 513. The Kier molecular flexibility index (Phi) is 2.21. The minimum absolute atomic E-state index is 0.620. The average Bonchev–Trinajstić information content (AvgIpc) is 2.66. The first-order chi connectivity index (χ1) is 7.75. The highest BCUT2D eigenvalue weighted by Gasteiger charge is 2.21. The normalized spacial score (nSPS) is 16.9. The minimum Gasteiger partial charge on any atom is -0.358 e. The van der Waals surface area contributed by atoms with Crippen molar-refractivity contribution in [3.63, 3.8) is 0 Å². The molecule has 0 saturated heterocycles. The van der Waals surface area contributed by atoms with Crippen LogP contribution >= 0.6 is 0 Å². The van der Waals surface area contributed by atoms with Gasteiger partial charge in [0.2, 0.25) is 0 Å². The van der Waals surface area contributed by atoms with Gasteiger partial charge in [-0.05, 0) is 25.5 Å². The quantitative estimate of drug-likeness (QED) is 0.791. The molecule has 2 aromatic rings. The van der Waals surface area contributed by atoms with Crippen molar-refractivity contribution in [1.29, 1.82) is 0 Å². The van der Waals surface area contributed by atoms with Crippen molar-refractivity contribution in [3.05, 3.63) is 29.7 Å². The molecule has 0 amide bonds. The van der Waals surface area contributed by atoms with E-state index in [1.165, 1.54) is 22.2 Å². The third kappa shape index (κ3) is 1.43. The van der Waals surface area contributed by atoms with Crippen molar-refractivity contribution in [2.45, 2.75) is 32.9 Å². The molecule has 0 aromatic carbocycles. The van der Waals surface area contributed by atoms with Gasteiger partial charge in [0.15, 0.2) is 0 Å². The summed E-state index contributed by atoms with van der Waals surface area (Å²) in [7, 11) is 0. The second-order valence-electron chi connectivity index (χ2n) is 4.82. The largest absolute Gasteiger partial charge is 0.358 e. The number of H-pyrrole nitrogens is 1. The minimum atomic E-state index is 0.620. The lowest BCUT2D eigenvalue weighted by Crippen LogP contribution is -2.35. The van der Waals surface area contributed by atoms with Gasteiger partial charge in [-0.2, -0.15) is 0 Å². The molecule has 0 saturated carbocycles. The Labute approximate surface area is 95.5 Å². The fourth-order valence-corrected chi connectivity index (χ4v) is 2.52. The molecule has 3 heterocycles. The average molecular weight is 215 g/mol. The maximum absolute atomic E-state index is 4.22. The molecule has 1 aliphatic rings. The monoisotopic (exact) mass is 215 g/mol. The van der Waals surface area contributed by atoms with Crippen LogP contribution in [0.4, 0.5) is 0 Å². The summed E-state index contributed by atoms with van der Waals surface area (Å²) in [6.07, 6.45) is 4.96. The molecule has 1 aliphatic heterocycles. The van der Waals surface area contributed by atoms with Crippen LogP contribution in [0.5, 0.6) is 0 Å². The number of nitrogens with one attached hydrogen (secondary N) is 1. The fraction of sp³-hybridized carbons (Fsp3) is 0.462. The molecule has 0 radical (unpaired) electrons. The molecule has 3 nitrogen and oxygen atoms in total. The van der Waals surface area contributed by atoms with E-state index in [2.05, 4.69) is 34.8 Å². The predicted octanol–water partition coefficient (Wildman–Crippen LogP) is 2.33. The Hall–Kier alpha value is -1.35. The van der Waals surface area contributed by atoms with Gasteiger partial charge < -0.3 is 4.98 Å². The van der Waals surface area contributed by atoms with Crippen LogP contribution in [-0.2, 0) is 13.0 Å². The van der Waals surface area contributed by atoms with Crippen molar-refractivity contribution >= 4 is 10.9 Å². The number of fused-ring (bicyclic) bond motifs is 3. The molecule has 3 rings (SSSR count). The van der Waals surface area contributed by atoms with Crippen LogP contribution in [0, 0.1) is 0 Å². The highest BCUT2D eigenvalue weighted by molar-refractivity contribution is 5.83. The van der Waals surface area contributed by atoms with Crippen molar-refractivity contribution < 1.29 is 0 Å². The van der Waals surface area contributed by atoms with E-state index in [9.17, 15) is 0 Å². The topological polar surface area (TPSA) is 31.9 Å². The zero-order valence-electron chi connectivity index (χ0n) is 9.83. The van der Waals surface area contributed by atoms with E-state index in [-0.39, 0.29) is 0 Å². The zero-order chi connectivity index (χ0) is 11.1. The lowest BCUT2D eigenvalue weighted by atomic mass is 10.0. The first-order valence-electron chi connectivity index (χ1n) is 5.93. The van der Waals surface area contributed by atoms with Gasteiger partial charge >= 0.3 is 0 Å². The Morgan fingerprint density at radius 2 is 2.31 bits per heavy atom. The van der Waals surface area contributed by atoms with Crippen LogP contribution in [0.2, 0.25) is 0 Å². The third-order valence-corrected chi connectivity index (χ3v) is 3.54. The van der Waals surface area contributed by atoms with Crippen molar-refractivity contribution in [1.82, 2.24) is 14.9 Å². The van der Waals surface area contributed by atoms with Crippen LogP contribution in [0.1, 0.15) is 25.1 Å². The van der Waals surface area contributed by atoms with Crippen LogP contribution < -0.4 is 0 Å². The summed E-state index contributed by atoms with van der Waals surface area (Å²) >= 11 is 0. The SMILES string of the molecule is CC(C)N1CCc2[nH]c3ccncc3c2C1. The highest BCUT2D eigenvalue weighted by atomic mass is 15.2. The van der Waals surface area contributed by atoms with E-state index in [1.807, 2.05) is 12.4 Å². The van der Waals surface area contributed by atoms with Gasteiger partial charge in [0.25, 0.3) is 0 Å². The number of rotatable bonds is 1. The zero-order valence-corrected chi connectivity index (χ0v) is 9.83. The fourth-order valence-electron chi connectivity index (χ4n) is 2.52. The summed E-state index contributed by atoms with van der Waals surface area (Å²) in [5.41, 5.74) is 4.08. The van der Waals surface area contributed by atoms with Crippen LogP contribution in [0.3, 0.4) is 0 Å². The molecule has 3 heteroatoms. The van der Waals surface area contributed by atoms with Gasteiger partial charge in [-0.25, -0.2) is 0 Å². The van der Waals surface area contributed by atoms with Crippen LogP contribution in [0.15, 0.2) is 18.5 Å². The summed E-state index contributed by atoms with van der Waals surface area (Å²) in [6.45, 7) is 6.74. The van der Waals surface area contributed by atoms with E-state index in [0.29, 0.717) is 6.04 Å². The number of aromatic nitrogens is 2. The van der Waals surface area contributed by atoms with Gasteiger partial charge in [-0.3, -0.25) is 9.88 Å². The first kappa shape index (κ1) is 9.85. The lowest BCUT2D eigenvalue weighted by Gasteiger charge is -2.30. The molecule has 0 bridgehead atoms. The number of hydrogen-bond donors (Lipinski definition) is 1. The van der Waals surface area contributed by atoms with Gasteiger partial charge in [-0.1, -0.05) is 0 Å². The first-order valence-corrected chi connectivity index (χ1v) is 5.93. The van der Waals surface area contributed by atoms with E-state index in [0.717, 1.165) is 19.5 Å². The van der Waals surface area contributed by atoms with Gasteiger partial charge in [0.05, 0.1) is 0 Å². The second-order valence-corrected chi connectivity index (χ2v) is 4.82. The molecule has 84 valence electrons. The molecule has 2 aromatic heterocycles. The van der Waals surface area contributed by atoms with Crippen molar-refractivity contribution in [3.8, 4) is 0 Å². The second kappa shape index (κ2) is 3.59. The Balaban J connectivity index is 2.08. The Morgan fingerprint density at radius 1 is 1.44 bits per heavy atom. The van der Waals surface area contributed by atoms with Crippen molar-refractivity contribution in [2.75, 3.05) is 6.54 Å². The molecular weight excluding hydrogens is 198 g/mol. The molecule has 1 N–H and O–H groups in total. The highest BCUT2D eigenvalue weighted by Crippen LogP contribution is 2.27. The van der Waals surface area contributed by atoms with E-state index in [1.54, 1.807) is 0 Å². The van der Waals surface area contributed by atoms with Gasteiger partial charge in [0, 0.05) is 54.5 Å². The summed E-state index contributed by atoms with van der Waals surface area (Å²) in [4.78, 5) is 10.2. The van der Waals surface area contributed by atoms with Crippen LogP contribution in [0.25, 0.3) is 10.9 Å². The Morgan fingerprint density at radius 3 is 3.12 bits per heavy atom. The van der Waals surface area contributed by atoms with Crippen LogP contribution in [-0.4, -0.2) is 27.5 Å².